The van der Waals surface area contributed by atoms with Crippen molar-refractivity contribution in [1.29, 1.82) is 0 Å². The normalized spacial score (nSPS) is 12.9. The number of halogens is 1. The van der Waals surface area contributed by atoms with E-state index in [0.29, 0.717) is 19.0 Å². The Morgan fingerprint density at radius 2 is 1.70 bits per heavy atom. The van der Waals surface area contributed by atoms with Gasteiger partial charge in [-0.3, -0.25) is 0 Å². The molecule has 8 heteroatoms. The first-order valence-electron chi connectivity index (χ1n) is 8.84. The van der Waals surface area contributed by atoms with E-state index in [2.05, 4.69) is 15.6 Å². The molecule has 1 aromatic carbocycles. The van der Waals surface area contributed by atoms with Crippen LogP contribution < -0.4 is 15.4 Å². The summed E-state index contributed by atoms with van der Waals surface area (Å²) in [5, 5.41) is 6.27. The summed E-state index contributed by atoms with van der Waals surface area (Å²) in [5.74, 6) is 1.38. The minimum absolute atomic E-state index is 0. The van der Waals surface area contributed by atoms with Crippen molar-refractivity contribution in [2.24, 2.45) is 4.99 Å². The molecule has 0 aliphatic carbocycles. The van der Waals surface area contributed by atoms with Gasteiger partial charge in [-0.1, -0.05) is 18.2 Å². The second kappa shape index (κ2) is 10.5. The quantitative estimate of drug-likeness (QED) is 0.334. The van der Waals surface area contributed by atoms with E-state index in [-0.39, 0.29) is 36.1 Å². The summed E-state index contributed by atoms with van der Waals surface area (Å²) in [4.78, 5) is 4.58. The molecular formula is C19H34IN3O3S. The molecule has 0 spiro atoms. The molecule has 156 valence electrons. The molecule has 0 saturated heterocycles. The summed E-state index contributed by atoms with van der Waals surface area (Å²) in [5.41, 5.74) is 0.684. The Balaban J connectivity index is 0.00000676. The van der Waals surface area contributed by atoms with Gasteiger partial charge in [-0.05, 0) is 47.6 Å². The number of hydrogen-bond donors (Lipinski definition) is 2. The molecule has 6 nitrogen and oxygen atoms in total. The van der Waals surface area contributed by atoms with Gasteiger partial charge in [-0.15, -0.1) is 24.0 Å². The number of sulfone groups is 1. The average Bonchev–Trinajstić information content (AvgIpc) is 2.48. The largest absolute Gasteiger partial charge is 0.488 e. The topological polar surface area (TPSA) is 79.8 Å². The molecule has 0 fully saturated rings. The third-order valence-corrected chi connectivity index (χ3v) is 5.98. The molecule has 0 unspecified atom stereocenters. The molecule has 0 aliphatic heterocycles. The van der Waals surface area contributed by atoms with Crippen LogP contribution in [0.3, 0.4) is 0 Å². The Bertz CT molecular complexity index is 726. The lowest BCUT2D eigenvalue weighted by Gasteiger charge is -2.24. The highest BCUT2D eigenvalue weighted by Crippen LogP contribution is 2.23. The number of aliphatic imine (C=N–C) groups is 1. The van der Waals surface area contributed by atoms with Crippen LogP contribution in [0.2, 0.25) is 0 Å². The Labute approximate surface area is 181 Å². The van der Waals surface area contributed by atoms with Gasteiger partial charge < -0.3 is 15.4 Å². The molecule has 0 aliphatic rings. The number of rotatable bonds is 7. The van der Waals surface area contributed by atoms with Crippen LogP contribution >= 0.6 is 24.0 Å². The van der Waals surface area contributed by atoms with Crippen molar-refractivity contribution >= 4 is 39.8 Å². The van der Waals surface area contributed by atoms with Crippen molar-refractivity contribution in [3.8, 4) is 5.75 Å². The molecule has 1 aromatic rings. The van der Waals surface area contributed by atoms with Gasteiger partial charge in [-0.2, -0.15) is 0 Å². The van der Waals surface area contributed by atoms with Gasteiger partial charge in [0, 0.05) is 24.9 Å². The van der Waals surface area contributed by atoms with Crippen molar-refractivity contribution in [2.45, 2.75) is 58.4 Å². The van der Waals surface area contributed by atoms with E-state index < -0.39 is 14.6 Å². The maximum atomic E-state index is 11.9. The number of hydrogen-bond acceptors (Lipinski definition) is 4. The number of nitrogens with zero attached hydrogens (tertiary/aromatic N) is 1. The summed E-state index contributed by atoms with van der Waals surface area (Å²) in [7, 11) is -3.17. The predicted octanol–water partition coefficient (Wildman–Crippen LogP) is 3.36. The Morgan fingerprint density at radius 1 is 1.11 bits per heavy atom. The lowest BCUT2D eigenvalue weighted by molar-refractivity contribution is 0.129. The maximum absolute atomic E-state index is 11.9. The highest BCUT2D eigenvalue weighted by atomic mass is 127. The van der Waals surface area contributed by atoms with Crippen LogP contribution in [0.4, 0.5) is 0 Å². The highest BCUT2D eigenvalue weighted by Gasteiger charge is 2.30. The summed E-state index contributed by atoms with van der Waals surface area (Å²) >= 11 is 0. The van der Waals surface area contributed by atoms with Crippen molar-refractivity contribution in [3.63, 3.8) is 0 Å². The zero-order valence-corrected chi connectivity index (χ0v) is 20.6. The van der Waals surface area contributed by atoms with E-state index in [0.717, 1.165) is 11.3 Å². The lowest BCUT2D eigenvalue weighted by Crippen LogP contribution is -2.47. The molecule has 27 heavy (non-hydrogen) atoms. The Morgan fingerprint density at radius 3 is 2.22 bits per heavy atom. The SMILES string of the molecule is CCNC(=NCc1ccccc1OC(C)(C)C)NCC(C)(C)S(C)(=O)=O.I. The number of guanidine groups is 1. The third-order valence-electron chi connectivity index (χ3n) is 3.83. The fourth-order valence-electron chi connectivity index (χ4n) is 2.00. The standard InChI is InChI=1S/C19H33N3O3S.HI/c1-8-20-17(22-14-19(5,6)26(7,23)24)21-13-15-11-9-10-12-16(15)25-18(2,3)4;/h9-12H,8,13-14H2,1-7H3,(H2,20,21,22);1H. The van der Waals surface area contributed by atoms with E-state index >= 15 is 0 Å². The van der Waals surface area contributed by atoms with Crippen LogP contribution in [0.1, 0.15) is 47.1 Å². The molecule has 0 atom stereocenters. The van der Waals surface area contributed by atoms with Gasteiger partial charge in [0.05, 0.1) is 11.3 Å². The molecule has 2 N–H and O–H groups in total. The van der Waals surface area contributed by atoms with Gasteiger partial charge in [0.2, 0.25) is 0 Å². The molecular weight excluding hydrogens is 477 g/mol. The predicted molar refractivity (Wildman–Crippen MR) is 124 cm³/mol. The molecule has 1 rings (SSSR count). The van der Waals surface area contributed by atoms with E-state index in [9.17, 15) is 8.42 Å². The van der Waals surface area contributed by atoms with Crippen molar-refractivity contribution in [2.75, 3.05) is 19.3 Å². The van der Waals surface area contributed by atoms with Gasteiger partial charge in [0.15, 0.2) is 15.8 Å². The number of benzene rings is 1. The second-order valence-electron chi connectivity index (χ2n) is 7.90. The van der Waals surface area contributed by atoms with Crippen LogP contribution in [-0.4, -0.2) is 44.1 Å². The van der Waals surface area contributed by atoms with E-state index in [1.165, 1.54) is 6.26 Å². The second-order valence-corrected chi connectivity index (χ2v) is 10.6. The summed E-state index contributed by atoms with van der Waals surface area (Å²) < 4.78 is 28.8. The van der Waals surface area contributed by atoms with Crippen LogP contribution in [0.25, 0.3) is 0 Å². The van der Waals surface area contributed by atoms with Crippen LogP contribution in [0.5, 0.6) is 5.75 Å². The zero-order chi connectivity index (χ0) is 20.0. The first-order valence-corrected chi connectivity index (χ1v) is 10.7. The first-order chi connectivity index (χ1) is 11.9. The minimum Gasteiger partial charge on any atom is -0.488 e. The molecule has 0 heterocycles. The fraction of sp³-hybridized carbons (Fsp3) is 0.632. The fourth-order valence-corrected chi connectivity index (χ4v) is 2.33. The van der Waals surface area contributed by atoms with Crippen LogP contribution in [-0.2, 0) is 16.4 Å². The van der Waals surface area contributed by atoms with Crippen molar-refractivity contribution in [1.82, 2.24) is 10.6 Å². The van der Waals surface area contributed by atoms with Crippen molar-refractivity contribution < 1.29 is 13.2 Å². The highest BCUT2D eigenvalue weighted by molar-refractivity contribution is 14.0. The van der Waals surface area contributed by atoms with E-state index in [1.54, 1.807) is 13.8 Å². The number of ether oxygens (including phenoxy) is 1. The molecule has 0 bridgehead atoms. The van der Waals surface area contributed by atoms with E-state index in [4.69, 9.17) is 4.74 Å². The number of nitrogens with one attached hydrogen (secondary N) is 2. The molecule has 0 aromatic heterocycles. The first kappa shape index (κ1) is 26.0. The van der Waals surface area contributed by atoms with Gasteiger partial charge >= 0.3 is 0 Å². The maximum Gasteiger partial charge on any atom is 0.191 e. The Hall–Kier alpha value is -1.03. The van der Waals surface area contributed by atoms with Gasteiger partial charge in [0.1, 0.15) is 11.4 Å². The summed E-state index contributed by atoms with van der Waals surface area (Å²) in [6.45, 7) is 12.8. The molecule has 0 radical (unpaired) electrons. The van der Waals surface area contributed by atoms with Crippen LogP contribution in [0.15, 0.2) is 29.3 Å². The minimum atomic E-state index is -3.17. The van der Waals surface area contributed by atoms with Gasteiger partial charge in [0.25, 0.3) is 0 Å². The monoisotopic (exact) mass is 511 g/mol. The van der Waals surface area contributed by atoms with E-state index in [1.807, 2.05) is 52.0 Å². The van der Waals surface area contributed by atoms with Gasteiger partial charge in [-0.25, -0.2) is 13.4 Å². The average molecular weight is 511 g/mol. The Kier molecular flexibility index (Phi) is 10.1. The third kappa shape index (κ3) is 9.14. The lowest BCUT2D eigenvalue weighted by atomic mass is 10.1. The summed E-state index contributed by atoms with van der Waals surface area (Å²) in [6.07, 6.45) is 1.25. The molecule has 0 amide bonds. The zero-order valence-electron chi connectivity index (χ0n) is 17.4. The smallest absolute Gasteiger partial charge is 0.191 e. The van der Waals surface area contributed by atoms with Crippen LogP contribution in [0, 0.1) is 0 Å². The number of para-hydroxylation sites is 1. The molecule has 0 saturated carbocycles. The van der Waals surface area contributed by atoms with Crippen molar-refractivity contribution in [3.05, 3.63) is 29.8 Å². The summed E-state index contributed by atoms with van der Waals surface area (Å²) in [6, 6.07) is 7.80.